The number of amides is 1. The predicted octanol–water partition coefficient (Wildman–Crippen LogP) is 1.63. The molecule has 2 aliphatic heterocycles. The summed E-state index contributed by atoms with van der Waals surface area (Å²) in [5.74, 6) is 0.894. The molecule has 3 nitrogen and oxygen atoms in total. The number of nitrogens with zero attached hydrogens (tertiary/aromatic N) is 1. The Hall–Kier alpha value is -0.570. The fourth-order valence-corrected chi connectivity index (χ4v) is 3.21. The summed E-state index contributed by atoms with van der Waals surface area (Å²) in [6.07, 6.45) is 2.36. The van der Waals surface area contributed by atoms with E-state index in [1.807, 2.05) is 0 Å². The molecule has 92 valence electrons. The highest BCUT2D eigenvalue weighted by Crippen LogP contribution is 2.39. The Labute approximate surface area is 98.6 Å². The van der Waals surface area contributed by atoms with Gasteiger partial charge in [0.2, 0.25) is 5.91 Å². The van der Waals surface area contributed by atoms with Gasteiger partial charge < -0.3 is 10.2 Å². The van der Waals surface area contributed by atoms with Gasteiger partial charge in [0.1, 0.15) is 0 Å². The number of hydrogen-bond donors (Lipinski definition) is 1. The SMILES string of the molecule is CC(C)CN1C(=O)C(C)(C)C2NCCCC21. The third-order valence-corrected chi connectivity index (χ3v) is 3.98. The molecule has 2 saturated heterocycles. The molecule has 2 atom stereocenters. The first-order chi connectivity index (χ1) is 7.44. The summed E-state index contributed by atoms with van der Waals surface area (Å²) in [7, 11) is 0. The summed E-state index contributed by atoms with van der Waals surface area (Å²) in [6.45, 7) is 10.5. The molecule has 16 heavy (non-hydrogen) atoms. The number of piperidine rings is 1. The second-order valence-electron chi connectivity index (χ2n) is 6.21. The highest BCUT2D eigenvalue weighted by molar-refractivity contribution is 5.86. The number of fused-ring (bicyclic) bond motifs is 1. The van der Waals surface area contributed by atoms with Gasteiger partial charge in [-0.05, 0) is 39.2 Å². The van der Waals surface area contributed by atoms with E-state index < -0.39 is 0 Å². The normalized spacial score (nSPS) is 33.3. The largest absolute Gasteiger partial charge is 0.337 e. The van der Waals surface area contributed by atoms with E-state index in [0.717, 1.165) is 13.1 Å². The van der Waals surface area contributed by atoms with E-state index in [9.17, 15) is 4.79 Å². The highest BCUT2D eigenvalue weighted by Gasteiger charge is 2.53. The van der Waals surface area contributed by atoms with Crippen LogP contribution in [0, 0.1) is 11.3 Å². The highest BCUT2D eigenvalue weighted by atomic mass is 16.2. The van der Waals surface area contributed by atoms with Crippen LogP contribution in [-0.4, -0.2) is 36.0 Å². The molecular formula is C13H24N2O. The predicted molar refractivity (Wildman–Crippen MR) is 65.1 cm³/mol. The van der Waals surface area contributed by atoms with Crippen LogP contribution < -0.4 is 5.32 Å². The standard InChI is InChI=1S/C13H24N2O/c1-9(2)8-15-10-6-5-7-14-11(10)13(3,4)12(15)16/h9-11,14H,5-8H2,1-4H3. The summed E-state index contributed by atoms with van der Waals surface area (Å²) in [5.41, 5.74) is -0.222. The molecule has 0 aromatic rings. The molecule has 1 amide bonds. The Morgan fingerprint density at radius 3 is 2.81 bits per heavy atom. The second-order valence-corrected chi connectivity index (χ2v) is 6.21. The molecule has 2 heterocycles. The molecule has 0 aliphatic carbocycles. The zero-order valence-corrected chi connectivity index (χ0v) is 10.9. The summed E-state index contributed by atoms with van der Waals surface area (Å²) in [6, 6.07) is 0.783. The van der Waals surface area contributed by atoms with E-state index in [4.69, 9.17) is 0 Å². The van der Waals surface area contributed by atoms with Crippen molar-refractivity contribution in [2.24, 2.45) is 11.3 Å². The van der Waals surface area contributed by atoms with Gasteiger partial charge in [0.25, 0.3) is 0 Å². The zero-order valence-electron chi connectivity index (χ0n) is 10.9. The van der Waals surface area contributed by atoms with Gasteiger partial charge in [0.15, 0.2) is 0 Å². The molecule has 0 bridgehead atoms. The first kappa shape index (κ1) is 11.9. The average Bonchev–Trinajstić information content (AvgIpc) is 2.41. The van der Waals surface area contributed by atoms with Crippen molar-refractivity contribution < 1.29 is 4.79 Å². The van der Waals surface area contributed by atoms with Crippen molar-refractivity contribution in [2.45, 2.75) is 52.6 Å². The van der Waals surface area contributed by atoms with Crippen molar-refractivity contribution in [3.63, 3.8) is 0 Å². The third kappa shape index (κ3) is 1.75. The summed E-state index contributed by atoms with van der Waals surface area (Å²) >= 11 is 0. The fourth-order valence-electron chi connectivity index (χ4n) is 3.21. The minimum Gasteiger partial charge on any atom is -0.337 e. The van der Waals surface area contributed by atoms with Crippen molar-refractivity contribution in [1.82, 2.24) is 10.2 Å². The van der Waals surface area contributed by atoms with Crippen molar-refractivity contribution in [1.29, 1.82) is 0 Å². The van der Waals surface area contributed by atoms with E-state index in [1.165, 1.54) is 12.8 Å². The van der Waals surface area contributed by atoms with Crippen LogP contribution in [0.3, 0.4) is 0 Å². The van der Waals surface area contributed by atoms with Crippen molar-refractivity contribution in [3.8, 4) is 0 Å². The Bertz CT molecular complexity index is 286. The number of carbonyl (C=O) groups is 1. The van der Waals surface area contributed by atoms with Crippen molar-refractivity contribution in [3.05, 3.63) is 0 Å². The molecule has 0 aromatic carbocycles. The smallest absolute Gasteiger partial charge is 0.230 e. The Morgan fingerprint density at radius 2 is 2.19 bits per heavy atom. The van der Waals surface area contributed by atoms with Gasteiger partial charge in [-0.1, -0.05) is 13.8 Å². The Kier molecular flexibility index (Phi) is 2.99. The van der Waals surface area contributed by atoms with Crippen LogP contribution in [0.15, 0.2) is 0 Å². The summed E-state index contributed by atoms with van der Waals surface area (Å²) in [5, 5.41) is 3.54. The number of rotatable bonds is 2. The van der Waals surface area contributed by atoms with Crippen LogP contribution >= 0.6 is 0 Å². The van der Waals surface area contributed by atoms with Gasteiger partial charge in [-0.2, -0.15) is 0 Å². The molecule has 0 aromatic heterocycles. The number of carbonyl (C=O) groups excluding carboxylic acids is 1. The molecule has 3 heteroatoms. The third-order valence-electron chi connectivity index (χ3n) is 3.98. The molecule has 0 saturated carbocycles. The van der Waals surface area contributed by atoms with Gasteiger partial charge in [0.05, 0.1) is 5.41 Å². The molecule has 2 rings (SSSR count). The van der Waals surface area contributed by atoms with Crippen molar-refractivity contribution in [2.75, 3.05) is 13.1 Å². The zero-order chi connectivity index (χ0) is 11.9. The number of hydrogen-bond acceptors (Lipinski definition) is 2. The van der Waals surface area contributed by atoms with Gasteiger partial charge in [-0.3, -0.25) is 4.79 Å². The quantitative estimate of drug-likeness (QED) is 0.773. The lowest BCUT2D eigenvalue weighted by Gasteiger charge is -2.34. The molecule has 2 unspecified atom stereocenters. The minimum atomic E-state index is -0.222. The molecule has 0 spiro atoms. The summed E-state index contributed by atoms with van der Waals surface area (Å²) < 4.78 is 0. The van der Waals surface area contributed by atoms with E-state index in [2.05, 4.69) is 37.9 Å². The molecule has 2 fully saturated rings. The average molecular weight is 224 g/mol. The van der Waals surface area contributed by atoms with Crippen LogP contribution in [0.25, 0.3) is 0 Å². The van der Waals surface area contributed by atoms with Crippen molar-refractivity contribution >= 4 is 5.91 Å². The first-order valence-corrected chi connectivity index (χ1v) is 6.49. The van der Waals surface area contributed by atoms with Gasteiger partial charge in [-0.15, -0.1) is 0 Å². The van der Waals surface area contributed by atoms with Crippen LogP contribution in [0.5, 0.6) is 0 Å². The maximum absolute atomic E-state index is 12.4. The molecular weight excluding hydrogens is 200 g/mol. The van der Waals surface area contributed by atoms with Crippen LogP contribution in [-0.2, 0) is 4.79 Å². The minimum absolute atomic E-state index is 0.222. The summed E-state index contributed by atoms with van der Waals surface area (Å²) in [4.78, 5) is 14.5. The molecule has 1 N–H and O–H groups in total. The monoisotopic (exact) mass is 224 g/mol. The van der Waals surface area contributed by atoms with Gasteiger partial charge in [0, 0.05) is 18.6 Å². The maximum atomic E-state index is 12.4. The second kappa shape index (κ2) is 4.02. The van der Waals surface area contributed by atoms with Gasteiger partial charge in [-0.25, -0.2) is 0 Å². The molecule has 0 radical (unpaired) electrons. The van der Waals surface area contributed by atoms with E-state index in [0.29, 0.717) is 23.9 Å². The van der Waals surface area contributed by atoms with E-state index in [-0.39, 0.29) is 5.41 Å². The Balaban J connectivity index is 2.22. The maximum Gasteiger partial charge on any atom is 0.230 e. The fraction of sp³-hybridized carbons (Fsp3) is 0.923. The van der Waals surface area contributed by atoms with Crippen LogP contribution in [0.1, 0.15) is 40.5 Å². The lowest BCUT2D eigenvalue weighted by atomic mass is 9.81. The first-order valence-electron chi connectivity index (χ1n) is 6.49. The molecule has 2 aliphatic rings. The Morgan fingerprint density at radius 1 is 1.50 bits per heavy atom. The van der Waals surface area contributed by atoms with Crippen LogP contribution in [0.4, 0.5) is 0 Å². The topological polar surface area (TPSA) is 32.3 Å². The lowest BCUT2D eigenvalue weighted by molar-refractivity contribution is -0.136. The number of nitrogens with one attached hydrogen (secondary N) is 1. The number of likely N-dealkylation sites (tertiary alicyclic amines) is 1. The lowest BCUT2D eigenvalue weighted by Crippen LogP contribution is -2.51. The van der Waals surface area contributed by atoms with Crippen LogP contribution in [0.2, 0.25) is 0 Å². The van der Waals surface area contributed by atoms with E-state index in [1.54, 1.807) is 0 Å². The van der Waals surface area contributed by atoms with Gasteiger partial charge >= 0.3 is 0 Å². The van der Waals surface area contributed by atoms with E-state index >= 15 is 0 Å².